The van der Waals surface area contributed by atoms with Crippen molar-refractivity contribution >= 4 is 51.3 Å². The van der Waals surface area contributed by atoms with E-state index in [0.29, 0.717) is 19.5 Å². The van der Waals surface area contributed by atoms with E-state index in [0.717, 1.165) is 36.2 Å². The van der Waals surface area contributed by atoms with Crippen molar-refractivity contribution in [1.29, 1.82) is 0 Å². The van der Waals surface area contributed by atoms with E-state index in [-0.39, 0.29) is 29.7 Å². The molecule has 0 saturated carbocycles. The highest BCUT2D eigenvalue weighted by Crippen LogP contribution is 2.07. The van der Waals surface area contributed by atoms with Crippen molar-refractivity contribution in [2.45, 2.75) is 33.6 Å². The molecule has 0 atom stereocenters. The molecular formula is C14H28IN5O2S2. The van der Waals surface area contributed by atoms with Gasteiger partial charge in [0, 0.05) is 38.0 Å². The van der Waals surface area contributed by atoms with Crippen LogP contribution in [0.1, 0.15) is 31.0 Å². The second-order valence-electron chi connectivity index (χ2n) is 4.95. The van der Waals surface area contributed by atoms with Gasteiger partial charge in [-0.2, -0.15) is 0 Å². The Morgan fingerprint density at radius 3 is 2.62 bits per heavy atom. The third-order valence-electron chi connectivity index (χ3n) is 2.99. The maximum absolute atomic E-state index is 11.3. The van der Waals surface area contributed by atoms with Gasteiger partial charge in [-0.25, -0.2) is 18.1 Å². The maximum atomic E-state index is 11.3. The molecule has 0 amide bonds. The van der Waals surface area contributed by atoms with Gasteiger partial charge in [-0.05, 0) is 27.2 Å². The molecule has 1 rings (SSSR count). The molecule has 0 unspecified atom stereocenters. The molecular weight excluding hydrogens is 461 g/mol. The summed E-state index contributed by atoms with van der Waals surface area (Å²) in [6.45, 7) is 8.16. The molecule has 0 aliphatic rings. The van der Waals surface area contributed by atoms with Crippen LogP contribution in [0.5, 0.6) is 0 Å². The monoisotopic (exact) mass is 489 g/mol. The highest BCUT2D eigenvalue weighted by atomic mass is 127. The molecule has 1 aromatic heterocycles. The van der Waals surface area contributed by atoms with E-state index in [2.05, 4.69) is 30.7 Å². The van der Waals surface area contributed by atoms with Crippen LogP contribution in [-0.4, -0.2) is 51.3 Å². The lowest BCUT2D eigenvalue weighted by Crippen LogP contribution is -2.38. The van der Waals surface area contributed by atoms with Crippen LogP contribution < -0.4 is 15.4 Å². The molecule has 24 heavy (non-hydrogen) atoms. The van der Waals surface area contributed by atoms with Crippen LogP contribution in [0.4, 0.5) is 0 Å². The van der Waals surface area contributed by atoms with Gasteiger partial charge in [-0.15, -0.1) is 35.3 Å². The zero-order chi connectivity index (χ0) is 17.1. The molecule has 7 nitrogen and oxygen atoms in total. The van der Waals surface area contributed by atoms with E-state index >= 15 is 0 Å². The first kappa shape index (κ1) is 23.5. The molecule has 0 aliphatic carbocycles. The van der Waals surface area contributed by atoms with Crippen LogP contribution >= 0.6 is 35.3 Å². The second-order valence-corrected chi connectivity index (χ2v) is 8.10. The number of sulfonamides is 1. The lowest BCUT2D eigenvalue weighted by molar-refractivity contribution is 0.581. The average molecular weight is 489 g/mol. The fourth-order valence-electron chi connectivity index (χ4n) is 1.77. The minimum Gasteiger partial charge on any atom is -0.357 e. The summed E-state index contributed by atoms with van der Waals surface area (Å²) in [5.41, 5.74) is 1.09. The number of thiazole rings is 1. The molecule has 1 heterocycles. The van der Waals surface area contributed by atoms with Gasteiger partial charge in [0.15, 0.2) is 5.96 Å². The molecule has 0 saturated heterocycles. The first-order chi connectivity index (χ1) is 11.0. The van der Waals surface area contributed by atoms with Crippen LogP contribution in [0.25, 0.3) is 0 Å². The van der Waals surface area contributed by atoms with Gasteiger partial charge in [-0.3, -0.25) is 4.99 Å². The highest BCUT2D eigenvalue weighted by molar-refractivity contribution is 14.0. The molecule has 0 radical (unpaired) electrons. The topological polar surface area (TPSA) is 95.5 Å². The predicted molar refractivity (Wildman–Crippen MR) is 112 cm³/mol. The maximum Gasteiger partial charge on any atom is 0.211 e. The smallest absolute Gasteiger partial charge is 0.211 e. The Morgan fingerprint density at radius 2 is 2.04 bits per heavy atom. The number of nitrogens with zero attached hydrogens (tertiary/aromatic N) is 2. The number of aryl methyl sites for hydroxylation is 1. The molecule has 0 spiro atoms. The third-order valence-corrected chi connectivity index (χ3v) is 5.22. The summed E-state index contributed by atoms with van der Waals surface area (Å²) in [5, 5.41) is 9.59. The standard InChI is InChI=1S/C14H27N5O2S2.HI/c1-4-15-14(16-8-6-9-18-23(20,21)5-2)17-10-7-13-11-22-12(3)19-13;/h11,18H,4-10H2,1-3H3,(H2,15,16,17);1H. The number of aliphatic imine (C=N–C) groups is 1. The Labute approximate surface area is 166 Å². The summed E-state index contributed by atoms with van der Waals surface area (Å²) < 4.78 is 25.1. The Bertz CT molecular complexity index is 590. The SMILES string of the molecule is CCNC(=NCCCNS(=O)(=O)CC)NCCc1csc(C)n1.I. The van der Waals surface area contributed by atoms with E-state index in [4.69, 9.17) is 0 Å². The van der Waals surface area contributed by atoms with Crippen LogP contribution in [0.15, 0.2) is 10.4 Å². The number of guanidine groups is 1. The van der Waals surface area contributed by atoms with E-state index in [9.17, 15) is 8.42 Å². The molecule has 0 bridgehead atoms. The lowest BCUT2D eigenvalue weighted by atomic mass is 10.3. The van der Waals surface area contributed by atoms with Crippen LogP contribution in [0.3, 0.4) is 0 Å². The van der Waals surface area contributed by atoms with Crippen molar-refractivity contribution in [3.8, 4) is 0 Å². The first-order valence-electron chi connectivity index (χ1n) is 7.87. The fraction of sp³-hybridized carbons (Fsp3) is 0.714. The molecule has 140 valence electrons. The Hall–Kier alpha value is -0.460. The number of rotatable bonds is 10. The largest absolute Gasteiger partial charge is 0.357 e. The zero-order valence-electron chi connectivity index (χ0n) is 14.5. The summed E-state index contributed by atoms with van der Waals surface area (Å²) >= 11 is 1.66. The quantitative estimate of drug-likeness (QED) is 0.200. The van der Waals surface area contributed by atoms with E-state index < -0.39 is 10.0 Å². The first-order valence-corrected chi connectivity index (χ1v) is 10.4. The summed E-state index contributed by atoms with van der Waals surface area (Å²) in [5.74, 6) is 0.856. The predicted octanol–water partition coefficient (Wildman–Crippen LogP) is 1.50. The molecule has 0 fully saturated rings. The molecule has 1 aromatic rings. The van der Waals surface area contributed by atoms with Crippen molar-refractivity contribution in [3.05, 3.63) is 16.1 Å². The van der Waals surface area contributed by atoms with Crippen LogP contribution in [0.2, 0.25) is 0 Å². The lowest BCUT2D eigenvalue weighted by Gasteiger charge is -2.10. The molecule has 10 heteroatoms. The average Bonchev–Trinajstić information content (AvgIpc) is 2.92. The van der Waals surface area contributed by atoms with Crippen LogP contribution in [-0.2, 0) is 16.4 Å². The third kappa shape index (κ3) is 10.4. The van der Waals surface area contributed by atoms with Gasteiger partial charge >= 0.3 is 0 Å². The van der Waals surface area contributed by atoms with Crippen molar-refractivity contribution in [3.63, 3.8) is 0 Å². The summed E-state index contributed by atoms with van der Waals surface area (Å²) in [6, 6.07) is 0. The Kier molecular flexibility index (Phi) is 12.6. The molecule has 0 aromatic carbocycles. The number of nitrogens with one attached hydrogen (secondary N) is 3. The normalized spacial score (nSPS) is 11.9. The van der Waals surface area contributed by atoms with E-state index in [1.54, 1.807) is 18.3 Å². The summed E-state index contributed by atoms with van der Waals surface area (Å²) in [4.78, 5) is 8.86. The summed E-state index contributed by atoms with van der Waals surface area (Å²) in [6.07, 6.45) is 1.52. The zero-order valence-corrected chi connectivity index (χ0v) is 18.4. The number of halogens is 1. The van der Waals surface area contributed by atoms with Gasteiger partial charge in [0.25, 0.3) is 0 Å². The van der Waals surface area contributed by atoms with Crippen molar-refractivity contribution in [1.82, 2.24) is 20.3 Å². The molecule has 0 aliphatic heterocycles. The van der Waals surface area contributed by atoms with E-state index in [1.807, 2.05) is 13.8 Å². The number of aromatic nitrogens is 1. The Balaban J connectivity index is 0.00000529. The Morgan fingerprint density at radius 1 is 1.29 bits per heavy atom. The highest BCUT2D eigenvalue weighted by Gasteiger charge is 2.04. The van der Waals surface area contributed by atoms with Crippen LogP contribution in [0, 0.1) is 6.92 Å². The number of hydrogen-bond acceptors (Lipinski definition) is 5. The van der Waals surface area contributed by atoms with Gasteiger partial charge in [0.2, 0.25) is 10.0 Å². The minimum absolute atomic E-state index is 0. The summed E-state index contributed by atoms with van der Waals surface area (Å²) in [7, 11) is -3.11. The van der Waals surface area contributed by atoms with Crippen molar-refractivity contribution in [2.24, 2.45) is 4.99 Å². The minimum atomic E-state index is -3.11. The van der Waals surface area contributed by atoms with E-state index in [1.165, 1.54) is 0 Å². The van der Waals surface area contributed by atoms with Gasteiger partial charge in [0.05, 0.1) is 16.5 Å². The van der Waals surface area contributed by atoms with Crippen molar-refractivity contribution < 1.29 is 8.42 Å². The fourth-order valence-corrected chi connectivity index (χ4v) is 3.08. The number of hydrogen-bond donors (Lipinski definition) is 3. The molecule has 3 N–H and O–H groups in total. The van der Waals surface area contributed by atoms with Crippen molar-refractivity contribution in [2.75, 3.05) is 31.9 Å². The van der Waals surface area contributed by atoms with Gasteiger partial charge in [-0.1, -0.05) is 0 Å². The van der Waals surface area contributed by atoms with Gasteiger partial charge < -0.3 is 10.6 Å². The second kappa shape index (κ2) is 12.8. The van der Waals surface area contributed by atoms with Gasteiger partial charge in [0.1, 0.15) is 0 Å².